The SMILES string of the molecule is COC1C(O[PH](=O)S)C(CO)OC1n1cnc2c(N)ncnc21. The molecule has 1 aliphatic heterocycles. The van der Waals surface area contributed by atoms with Gasteiger partial charge in [-0.2, -0.15) is 0 Å². The molecule has 126 valence electrons. The number of aromatic nitrogens is 4. The first-order valence-electron chi connectivity index (χ1n) is 6.68. The van der Waals surface area contributed by atoms with Gasteiger partial charge >= 0.3 is 0 Å². The van der Waals surface area contributed by atoms with Crippen molar-refractivity contribution in [3.63, 3.8) is 0 Å². The Morgan fingerprint density at radius 1 is 1.48 bits per heavy atom. The second kappa shape index (κ2) is 6.71. The predicted molar refractivity (Wildman–Crippen MR) is 84.4 cm³/mol. The molecule has 0 aromatic carbocycles. The summed E-state index contributed by atoms with van der Waals surface area (Å²) in [6, 6.07) is 0. The van der Waals surface area contributed by atoms with Crippen molar-refractivity contribution in [3.8, 4) is 0 Å². The molecule has 0 aliphatic carbocycles. The summed E-state index contributed by atoms with van der Waals surface area (Å²) in [7, 11) is -1.07. The molecule has 3 heterocycles. The highest BCUT2D eigenvalue weighted by molar-refractivity contribution is 8.39. The third-order valence-electron chi connectivity index (χ3n) is 3.64. The van der Waals surface area contributed by atoms with Gasteiger partial charge in [-0.3, -0.25) is 9.13 Å². The minimum atomic E-state index is -2.54. The van der Waals surface area contributed by atoms with Gasteiger partial charge < -0.3 is 24.8 Å². The average molecular weight is 361 g/mol. The Morgan fingerprint density at radius 3 is 2.91 bits per heavy atom. The Morgan fingerprint density at radius 2 is 2.26 bits per heavy atom. The second-order valence-electron chi connectivity index (χ2n) is 4.88. The van der Waals surface area contributed by atoms with Crippen molar-refractivity contribution in [1.29, 1.82) is 0 Å². The maximum Gasteiger partial charge on any atom is 0.243 e. The Balaban J connectivity index is 2.00. The van der Waals surface area contributed by atoms with Crippen LogP contribution in [-0.4, -0.2) is 56.7 Å². The summed E-state index contributed by atoms with van der Waals surface area (Å²) in [5.74, 6) is 0.243. The summed E-state index contributed by atoms with van der Waals surface area (Å²) in [5.41, 5.74) is 6.66. The topological polar surface area (TPSA) is 135 Å². The van der Waals surface area contributed by atoms with Gasteiger partial charge in [-0.15, -0.1) is 0 Å². The Hall–Kier alpha value is -1.23. The summed E-state index contributed by atoms with van der Waals surface area (Å²) in [6.45, 7) is -0.326. The van der Waals surface area contributed by atoms with Crippen molar-refractivity contribution >= 4 is 36.5 Å². The monoisotopic (exact) mass is 361 g/mol. The number of methoxy groups -OCH3 is 1. The van der Waals surface area contributed by atoms with E-state index in [0.717, 1.165) is 0 Å². The first kappa shape index (κ1) is 16.6. The zero-order valence-corrected chi connectivity index (χ0v) is 14.0. The van der Waals surface area contributed by atoms with Crippen LogP contribution >= 0.6 is 19.5 Å². The van der Waals surface area contributed by atoms with E-state index in [0.29, 0.717) is 11.2 Å². The molecule has 0 radical (unpaired) electrons. The van der Waals surface area contributed by atoms with E-state index in [-0.39, 0.29) is 12.4 Å². The fourth-order valence-corrected chi connectivity index (χ4v) is 3.53. The molecular weight excluding hydrogens is 345 g/mol. The normalized spacial score (nSPS) is 29.2. The number of ether oxygens (including phenoxy) is 2. The molecule has 1 aliphatic rings. The van der Waals surface area contributed by atoms with E-state index in [1.807, 2.05) is 0 Å². The number of imidazole rings is 1. The molecule has 0 bridgehead atoms. The average Bonchev–Trinajstić information content (AvgIpc) is 3.08. The standard InChI is InChI=1S/C11H16N5O5PS/c1-19-8-7(21-22(18)23)5(2-17)20-11(8)16-4-15-6-9(12)13-3-14-10(6)16/h3-5,7-8,11,17,22H,2H2,1H3,(H,18,23)(H2,12,13,14). The van der Waals surface area contributed by atoms with Crippen LogP contribution in [0.2, 0.25) is 0 Å². The number of hydrogen-bond acceptors (Lipinski definition) is 9. The molecule has 0 saturated carbocycles. The lowest BCUT2D eigenvalue weighted by Gasteiger charge is -2.22. The number of nitrogens with zero attached hydrogens (tertiary/aromatic N) is 4. The number of hydrogen-bond donors (Lipinski definition) is 3. The van der Waals surface area contributed by atoms with Gasteiger partial charge in [0.25, 0.3) is 0 Å². The quantitative estimate of drug-likeness (QED) is 0.497. The highest BCUT2D eigenvalue weighted by Crippen LogP contribution is 2.40. The van der Waals surface area contributed by atoms with Crippen molar-refractivity contribution in [2.45, 2.75) is 24.5 Å². The van der Waals surface area contributed by atoms with Gasteiger partial charge in [0.1, 0.15) is 30.2 Å². The van der Waals surface area contributed by atoms with E-state index in [2.05, 4.69) is 27.2 Å². The van der Waals surface area contributed by atoms with Gasteiger partial charge in [0.15, 0.2) is 17.7 Å². The molecule has 0 amide bonds. The number of nitrogens with two attached hydrogens (primary N) is 1. The minimum Gasteiger partial charge on any atom is -0.394 e. The highest BCUT2D eigenvalue weighted by atomic mass is 32.7. The molecule has 3 rings (SSSR count). The fourth-order valence-electron chi connectivity index (χ4n) is 2.64. The second-order valence-corrected chi connectivity index (χ2v) is 6.74. The first-order chi connectivity index (χ1) is 11.1. The van der Waals surface area contributed by atoms with Crippen LogP contribution in [0.5, 0.6) is 0 Å². The van der Waals surface area contributed by atoms with E-state index in [9.17, 15) is 9.67 Å². The molecule has 12 heteroatoms. The van der Waals surface area contributed by atoms with Crippen molar-refractivity contribution in [2.75, 3.05) is 19.5 Å². The van der Waals surface area contributed by atoms with Crippen LogP contribution in [0.4, 0.5) is 5.82 Å². The molecule has 10 nitrogen and oxygen atoms in total. The molecular formula is C11H16N5O5PS. The van der Waals surface area contributed by atoms with Crippen LogP contribution in [0, 0.1) is 0 Å². The Bertz CT molecular complexity index is 730. The van der Waals surface area contributed by atoms with Gasteiger partial charge in [-0.25, -0.2) is 15.0 Å². The fraction of sp³-hybridized carbons (Fsp3) is 0.545. The van der Waals surface area contributed by atoms with Gasteiger partial charge in [0.05, 0.1) is 12.9 Å². The van der Waals surface area contributed by atoms with Crippen molar-refractivity contribution < 1.29 is 23.7 Å². The van der Waals surface area contributed by atoms with Gasteiger partial charge in [-0.05, 0) is 0 Å². The van der Waals surface area contributed by atoms with E-state index in [1.165, 1.54) is 19.8 Å². The lowest BCUT2D eigenvalue weighted by atomic mass is 10.1. The maximum absolute atomic E-state index is 11.4. The summed E-state index contributed by atoms with van der Waals surface area (Å²) in [6.07, 6.45) is 0.0278. The van der Waals surface area contributed by atoms with Crippen LogP contribution in [-0.2, 0) is 18.6 Å². The number of nitrogen functional groups attached to an aromatic ring is 1. The van der Waals surface area contributed by atoms with E-state index >= 15 is 0 Å². The lowest BCUT2D eigenvalue weighted by Crippen LogP contribution is -2.35. The van der Waals surface area contributed by atoms with E-state index in [4.69, 9.17) is 19.7 Å². The van der Waals surface area contributed by atoms with Gasteiger partial charge in [0.2, 0.25) is 7.23 Å². The number of aliphatic hydroxyl groups is 1. The number of aliphatic hydroxyl groups excluding tert-OH is 1. The molecule has 1 saturated heterocycles. The third-order valence-corrected chi connectivity index (χ3v) is 4.43. The summed E-state index contributed by atoms with van der Waals surface area (Å²) in [5, 5.41) is 9.49. The van der Waals surface area contributed by atoms with Crippen molar-refractivity contribution in [1.82, 2.24) is 19.5 Å². The molecule has 1 fully saturated rings. The zero-order chi connectivity index (χ0) is 16.6. The zero-order valence-electron chi connectivity index (χ0n) is 12.1. The molecule has 2 aromatic heterocycles. The predicted octanol–water partition coefficient (Wildman–Crippen LogP) is 0.0179. The van der Waals surface area contributed by atoms with Gasteiger partial charge in [0, 0.05) is 7.11 Å². The summed E-state index contributed by atoms with van der Waals surface area (Å²) in [4.78, 5) is 12.2. The third kappa shape index (κ3) is 2.95. The summed E-state index contributed by atoms with van der Waals surface area (Å²) >= 11 is 3.78. The van der Waals surface area contributed by atoms with Crippen LogP contribution in [0.1, 0.15) is 6.23 Å². The number of fused-ring (bicyclic) bond motifs is 1. The summed E-state index contributed by atoms with van der Waals surface area (Å²) < 4.78 is 29.5. The van der Waals surface area contributed by atoms with E-state index < -0.39 is 31.8 Å². The molecule has 3 N–H and O–H groups in total. The molecule has 23 heavy (non-hydrogen) atoms. The number of rotatable bonds is 5. The largest absolute Gasteiger partial charge is 0.394 e. The van der Waals surface area contributed by atoms with Gasteiger partial charge in [-0.1, -0.05) is 12.2 Å². The van der Waals surface area contributed by atoms with E-state index in [1.54, 1.807) is 4.57 Å². The highest BCUT2D eigenvalue weighted by Gasteiger charge is 2.47. The van der Waals surface area contributed by atoms with Crippen molar-refractivity contribution in [2.24, 2.45) is 0 Å². The van der Waals surface area contributed by atoms with Crippen LogP contribution < -0.4 is 5.73 Å². The smallest absolute Gasteiger partial charge is 0.243 e. The van der Waals surface area contributed by atoms with Crippen molar-refractivity contribution in [3.05, 3.63) is 12.7 Å². The number of thiol groups is 1. The minimum absolute atomic E-state index is 0.243. The van der Waals surface area contributed by atoms with Crippen LogP contribution in [0.25, 0.3) is 11.2 Å². The number of anilines is 1. The molecule has 5 atom stereocenters. The Kier molecular flexibility index (Phi) is 4.85. The van der Waals surface area contributed by atoms with Crippen LogP contribution in [0.15, 0.2) is 12.7 Å². The maximum atomic E-state index is 11.4. The molecule has 5 unspecified atom stereocenters. The molecule has 2 aromatic rings. The molecule has 0 spiro atoms. The lowest BCUT2D eigenvalue weighted by molar-refractivity contribution is -0.0583. The first-order valence-corrected chi connectivity index (χ1v) is 9.29. The Labute approximate surface area is 137 Å². The van der Waals surface area contributed by atoms with Crippen LogP contribution in [0.3, 0.4) is 0 Å².